The van der Waals surface area contributed by atoms with Gasteiger partial charge >= 0.3 is 0 Å². The number of aromatic nitrogens is 4. The number of piperidine rings is 1. The van der Waals surface area contributed by atoms with Gasteiger partial charge in [-0.15, -0.1) is 0 Å². The SMILES string of the molecule is Cn1nc(-c2ccc(F)cc2)cc1C(=O)N1CCN(c2ccnc(N3CCCCC3)n2)CC1. The molecule has 1 aromatic carbocycles. The number of anilines is 2. The van der Waals surface area contributed by atoms with Gasteiger partial charge in [0.25, 0.3) is 5.91 Å². The van der Waals surface area contributed by atoms with Crippen LogP contribution in [0.4, 0.5) is 16.2 Å². The highest BCUT2D eigenvalue weighted by Crippen LogP contribution is 2.22. The number of piperazine rings is 1. The molecule has 0 bridgehead atoms. The van der Waals surface area contributed by atoms with E-state index in [1.807, 2.05) is 17.2 Å². The predicted octanol–water partition coefficient (Wildman–Crippen LogP) is 2.97. The molecule has 0 atom stereocenters. The molecular weight excluding hydrogens is 421 g/mol. The first kappa shape index (κ1) is 21.4. The first-order chi connectivity index (χ1) is 16.1. The zero-order chi connectivity index (χ0) is 22.8. The van der Waals surface area contributed by atoms with E-state index in [4.69, 9.17) is 4.98 Å². The quantitative estimate of drug-likeness (QED) is 0.610. The molecule has 1 amide bonds. The standard InChI is InChI=1S/C24H28FN7O/c1-29-21(17-20(28-29)18-5-7-19(25)8-6-18)23(33)31-15-13-30(14-16-31)22-9-10-26-24(27-22)32-11-3-2-4-12-32/h5-10,17H,2-4,11-16H2,1H3. The molecule has 2 aliphatic rings. The zero-order valence-corrected chi connectivity index (χ0v) is 18.8. The van der Waals surface area contributed by atoms with Gasteiger partial charge in [-0.3, -0.25) is 9.48 Å². The summed E-state index contributed by atoms with van der Waals surface area (Å²) < 4.78 is 14.8. The molecule has 2 aromatic heterocycles. The van der Waals surface area contributed by atoms with Gasteiger partial charge in [0, 0.05) is 58.1 Å². The lowest BCUT2D eigenvalue weighted by molar-refractivity contribution is 0.0735. The van der Waals surface area contributed by atoms with Gasteiger partial charge in [-0.05, 0) is 55.7 Å². The number of nitrogens with zero attached hydrogens (tertiary/aromatic N) is 7. The average molecular weight is 450 g/mol. The lowest BCUT2D eigenvalue weighted by Gasteiger charge is -2.35. The van der Waals surface area contributed by atoms with Crippen LogP contribution in [0.1, 0.15) is 29.8 Å². The fraction of sp³-hybridized carbons (Fsp3) is 0.417. The maximum Gasteiger partial charge on any atom is 0.272 e. The molecule has 0 N–H and O–H groups in total. The van der Waals surface area contributed by atoms with Crippen LogP contribution in [-0.2, 0) is 7.05 Å². The third-order valence-electron chi connectivity index (χ3n) is 6.40. The summed E-state index contributed by atoms with van der Waals surface area (Å²) in [4.78, 5) is 28.8. The first-order valence-electron chi connectivity index (χ1n) is 11.5. The van der Waals surface area contributed by atoms with Gasteiger partial charge < -0.3 is 14.7 Å². The van der Waals surface area contributed by atoms with E-state index in [1.54, 1.807) is 29.9 Å². The molecule has 4 heterocycles. The van der Waals surface area contributed by atoms with Crippen LogP contribution < -0.4 is 9.80 Å². The molecule has 2 fully saturated rings. The highest BCUT2D eigenvalue weighted by atomic mass is 19.1. The third-order valence-corrected chi connectivity index (χ3v) is 6.40. The molecule has 0 spiro atoms. The van der Waals surface area contributed by atoms with Crippen LogP contribution in [0.2, 0.25) is 0 Å². The average Bonchev–Trinajstić information content (AvgIpc) is 3.26. The van der Waals surface area contributed by atoms with Crippen LogP contribution >= 0.6 is 0 Å². The maximum absolute atomic E-state index is 13.2. The lowest BCUT2D eigenvalue weighted by atomic mass is 10.1. The van der Waals surface area contributed by atoms with E-state index in [0.29, 0.717) is 37.6 Å². The fourth-order valence-electron chi connectivity index (χ4n) is 4.49. The zero-order valence-electron chi connectivity index (χ0n) is 18.8. The minimum Gasteiger partial charge on any atom is -0.353 e. The summed E-state index contributed by atoms with van der Waals surface area (Å²) in [5, 5.41) is 4.46. The summed E-state index contributed by atoms with van der Waals surface area (Å²) in [7, 11) is 1.76. The Balaban J connectivity index is 1.24. The Kier molecular flexibility index (Phi) is 5.93. The molecule has 5 rings (SSSR count). The molecule has 8 nitrogen and oxygen atoms in total. The largest absolute Gasteiger partial charge is 0.353 e. The summed E-state index contributed by atoms with van der Waals surface area (Å²) in [6.45, 7) is 4.67. The van der Waals surface area contributed by atoms with Gasteiger partial charge in [0.2, 0.25) is 5.95 Å². The second-order valence-corrected chi connectivity index (χ2v) is 8.59. The minimum atomic E-state index is -0.296. The Labute approximate surface area is 192 Å². The summed E-state index contributed by atoms with van der Waals surface area (Å²) in [6, 6.07) is 9.86. The molecule has 0 saturated carbocycles. The molecule has 9 heteroatoms. The van der Waals surface area contributed by atoms with Crippen molar-refractivity contribution in [2.75, 3.05) is 49.1 Å². The van der Waals surface area contributed by atoms with Gasteiger partial charge in [-0.25, -0.2) is 9.37 Å². The number of amides is 1. The number of hydrogen-bond acceptors (Lipinski definition) is 6. The smallest absolute Gasteiger partial charge is 0.272 e. The van der Waals surface area contributed by atoms with Crippen LogP contribution in [0.5, 0.6) is 0 Å². The van der Waals surface area contributed by atoms with Gasteiger partial charge in [0.15, 0.2) is 0 Å². The Morgan fingerprint density at radius 3 is 2.36 bits per heavy atom. The van der Waals surface area contributed by atoms with E-state index in [2.05, 4.69) is 19.9 Å². The van der Waals surface area contributed by atoms with E-state index in [1.165, 1.54) is 31.4 Å². The van der Waals surface area contributed by atoms with Crippen molar-refractivity contribution in [1.82, 2.24) is 24.6 Å². The number of rotatable bonds is 4. The molecule has 2 aliphatic heterocycles. The Morgan fingerprint density at radius 1 is 0.909 bits per heavy atom. The molecule has 3 aromatic rings. The third kappa shape index (κ3) is 4.53. The number of carbonyl (C=O) groups excluding carboxylic acids is 1. The van der Waals surface area contributed by atoms with E-state index in [0.717, 1.165) is 30.4 Å². The van der Waals surface area contributed by atoms with Gasteiger partial charge in [-0.1, -0.05) is 0 Å². The minimum absolute atomic E-state index is 0.0466. The highest BCUT2D eigenvalue weighted by molar-refractivity contribution is 5.94. The van der Waals surface area contributed by atoms with Crippen molar-refractivity contribution in [2.24, 2.45) is 7.05 Å². The number of aryl methyl sites for hydroxylation is 1. The van der Waals surface area contributed by atoms with Crippen molar-refractivity contribution in [1.29, 1.82) is 0 Å². The molecular formula is C24H28FN7O. The van der Waals surface area contributed by atoms with Gasteiger partial charge in [-0.2, -0.15) is 10.1 Å². The molecule has 2 saturated heterocycles. The number of carbonyl (C=O) groups is 1. The first-order valence-corrected chi connectivity index (χ1v) is 11.5. The molecule has 172 valence electrons. The van der Waals surface area contributed by atoms with Crippen LogP contribution in [-0.4, -0.2) is 69.8 Å². The van der Waals surface area contributed by atoms with E-state index < -0.39 is 0 Å². The topological polar surface area (TPSA) is 70.4 Å². The lowest BCUT2D eigenvalue weighted by Crippen LogP contribution is -2.49. The molecule has 33 heavy (non-hydrogen) atoms. The van der Waals surface area contributed by atoms with Crippen LogP contribution in [0, 0.1) is 5.82 Å². The Bertz CT molecular complexity index is 1120. The van der Waals surface area contributed by atoms with Crippen LogP contribution in [0.15, 0.2) is 42.6 Å². The summed E-state index contributed by atoms with van der Waals surface area (Å²) in [6.07, 6.45) is 5.47. The number of benzene rings is 1. The van der Waals surface area contributed by atoms with Crippen molar-refractivity contribution >= 4 is 17.7 Å². The van der Waals surface area contributed by atoms with E-state index in [9.17, 15) is 9.18 Å². The maximum atomic E-state index is 13.2. The van der Waals surface area contributed by atoms with E-state index in [-0.39, 0.29) is 11.7 Å². The van der Waals surface area contributed by atoms with Crippen molar-refractivity contribution in [2.45, 2.75) is 19.3 Å². The summed E-state index contributed by atoms with van der Waals surface area (Å²) >= 11 is 0. The monoisotopic (exact) mass is 449 g/mol. The fourth-order valence-corrected chi connectivity index (χ4v) is 4.49. The molecule has 0 unspecified atom stereocenters. The number of hydrogen-bond donors (Lipinski definition) is 0. The van der Waals surface area contributed by atoms with Crippen molar-refractivity contribution in [3.05, 3.63) is 54.1 Å². The second-order valence-electron chi connectivity index (χ2n) is 8.59. The van der Waals surface area contributed by atoms with Crippen molar-refractivity contribution in [3.63, 3.8) is 0 Å². The predicted molar refractivity (Wildman–Crippen MR) is 125 cm³/mol. The normalized spacial score (nSPS) is 16.8. The Morgan fingerprint density at radius 2 is 1.64 bits per heavy atom. The summed E-state index contributed by atoms with van der Waals surface area (Å²) in [5.41, 5.74) is 1.96. The van der Waals surface area contributed by atoms with Gasteiger partial charge in [0.05, 0.1) is 5.69 Å². The number of halogens is 1. The Hall–Kier alpha value is -3.49. The summed E-state index contributed by atoms with van der Waals surface area (Å²) in [5.74, 6) is 1.37. The van der Waals surface area contributed by atoms with Crippen LogP contribution in [0.3, 0.4) is 0 Å². The van der Waals surface area contributed by atoms with Crippen LogP contribution in [0.25, 0.3) is 11.3 Å². The van der Waals surface area contributed by atoms with Crippen molar-refractivity contribution < 1.29 is 9.18 Å². The van der Waals surface area contributed by atoms with Crippen molar-refractivity contribution in [3.8, 4) is 11.3 Å². The second kappa shape index (κ2) is 9.17. The molecule has 0 aliphatic carbocycles. The van der Waals surface area contributed by atoms with Gasteiger partial charge in [0.1, 0.15) is 17.3 Å². The molecule has 0 radical (unpaired) electrons. The van der Waals surface area contributed by atoms with E-state index >= 15 is 0 Å². The highest BCUT2D eigenvalue weighted by Gasteiger charge is 2.26.